The Morgan fingerprint density at radius 2 is 1.76 bits per heavy atom. The molecule has 2 rings (SSSR count). The van der Waals surface area contributed by atoms with Gasteiger partial charge in [-0.05, 0) is 23.1 Å². The molecule has 0 spiro atoms. The molecule has 0 saturated carbocycles. The lowest BCUT2D eigenvalue weighted by Crippen LogP contribution is -2.21. The SMILES string of the molecule is CC(C)c1ccccc1Cn1cc(S(C)(=O)=O)ccc1=O. The Balaban J connectivity index is 2.48. The van der Waals surface area contributed by atoms with E-state index in [9.17, 15) is 13.2 Å². The zero-order chi connectivity index (χ0) is 15.6. The molecule has 112 valence electrons. The van der Waals surface area contributed by atoms with Gasteiger partial charge in [0.15, 0.2) is 9.84 Å². The fraction of sp³-hybridized carbons (Fsp3) is 0.312. The normalized spacial score (nSPS) is 11.8. The van der Waals surface area contributed by atoms with Gasteiger partial charge in [0.25, 0.3) is 5.56 Å². The fourth-order valence-electron chi connectivity index (χ4n) is 2.28. The summed E-state index contributed by atoms with van der Waals surface area (Å²) in [6.45, 7) is 4.56. The van der Waals surface area contributed by atoms with E-state index in [2.05, 4.69) is 13.8 Å². The average molecular weight is 305 g/mol. The van der Waals surface area contributed by atoms with Gasteiger partial charge in [0.1, 0.15) is 0 Å². The third-order valence-electron chi connectivity index (χ3n) is 3.40. The van der Waals surface area contributed by atoms with E-state index in [0.29, 0.717) is 12.5 Å². The van der Waals surface area contributed by atoms with E-state index in [1.807, 2.05) is 24.3 Å². The van der Waals surface area contributed by atoms with Crippen LogP contribution in [0.15, 0.2) is 52.3 Å². The van der Waals surface area contributed by atoms with Gasteiger partial charge in [0.05, 0.1) is 11.4 Å². The van der Waals surface area contributed by atoms with Crippen molar-refractivity contribution in [1.82, 2.24) is 4.57 Å². The maximum absolute atomic E-state index is 12.0. The molecule has 5 heteroatoms. The Bertz CT molecular complexity index is 804. The Morgan fingerprint density at radius 3 is 2.38 bits per heavy atom. The van der Waals surface area contributed by atoms with Crippen molar-refractivity contribution in [2.45, 2.75) is 31.2 Å². The zero-order valence-corrected chi connectivity index (χ0v) is 13.2. The second kappa shape index (κ2) is 5.85. The zero-order valence-electron chi connectivity index (χ0n) is 12.4. The number of aromatic nitrogens is 1. The van der Waals surface area contributed by atoms with Gasteiger partial charge in [0, 0.05) is 18.5 Å². The van der Waals surface area contributed by atoms with Crippen molar-refractivity contribution in [3.63, 3.8) is 0 Å². The van der Waals surface area contributed by atoms with Crippen molar-refractivity contribution in [3.8, 4) is 0 Å². The smallest absolute Gasteiger partial charge is 0.250 e. The molecule has 0 amide bonds. The molecule has 0 aliphatic rings. The third-order valence-corrected chi connectivity index (χ3v) is 4.50. The van der Waals surface area contributed by atoms with E-state index in [4.69, 9.17) is 0 Å². The molecule has 1 aromatic carbocycles. The number of rotatable bonds is 4. The second-order valence-electron chi connectivity index (χ2n) is 5.46. The Morgan fingerprint density at radius 1 is 1.10 bits per heavy atom. The first kappa shape index (κ1) is 15.5. The maximum Gasteiger partial charge on any atom is 0.250 e. The summed E-state index contributed by atoms with van der Waals surface area (Å²) in [6.07, 6.45) is 2.55. The van der Waals surface area contributed by atoms with Crippen LogP contribution in [0.1, 0.15) is 30.9 Å². The molecule has 2 aromatic rings. The number of hydrogen-bond acceptors (Lipinski definition) is 3. The summed E-state index contributed by atoms with van der Waals surface area (Å²) in [6, 6.07) is 10.5. The highest BCUT2D eigenvalue weighted by atomic mass is 32.2. The molecule has 0 aliphatic carbocycles. The minimum absolute atomic E-state index is 0.157. The summed E-state index contributed by atoms with van der Waals surface area (Å²) in [5, 5.41) is 0. The van der Waals surface area contributed by atoms with Gasteiger partial charge in [-0.25, -0.2) is 8.42 Å². The van der Waals surface area contributed by atoms with Crippen molar-refractivity contribution in [1.29, 1.82) is 0 Å². The van der Waals surface area contributed by atoms with Gasteiger partial charge >= 0.3 is 0 Å². The lowest BCUT2D eigenvalue weighted by molar-refractivity contribution is 0.599. The summed E-state index contributed by atoms with van der Waals surface area (Å²) in [7, 11) is -3.32. The minimum atomic E-state index is -3.32. The summed E-state index contributed by atoms with van der Waals surface area (Å²) in [5.41, 5.74) is 1.98. The lowest BCUT2D eigenvalue weighted by atomic mass is 9.97. The standard InChI is InChI=1S/C16H19NO3S/c1-12(2)15-7-5-4-6-13(15)10-17-11-14(21(3,19)20)8-9-16(17)18/h4-9,11-12H,10H2,1-3H3. The highest BCUT2D eigenvalue weighted by molar-refractivity contribution is 7.90. The highest BCUT2D eigenvalue weighted by Crippen LogP contribution is 2.20. The van der Waals surface area contributed by atoms with Crippen LogP contribution in [-0.4, -0.2) is 19.2 Å². The summed E-state index contributed by atoms with van der Waals surface area (Å²) < 4.78 is 24.7. The fourth-order valence-corrected chi connectivity index (χ4v) is 2.91. The van der Waals surface area contributed by atoms with Crippen molar-refractivity contribution in [2.24, 2.45) is 0 Å². The van der Waals surface area contributed by atoms with Crippen LogP contribution in [0.25, 0.3) is 0 Å². The summed E-state index contributed by atoms with van der Waals surface area (Å²) in [5.74, 6) is 0.343. The third kappa shape index (κ3) is 3.61. The van der Waals surface area contributed by atoms with Gasteiger partial charge in [-0.15, -0.1) is 0 Å². The van der Waals surface area contributed by atoms with Crippen LogP contribution in [0.3, 0.4) is 0 Å². The number of sulfone groups is 1. The molecule has 0 bridgehead atoms. The van der Waals surface area contributed by atoms with Crippen LogP contribution in [0.2, 0.25) is 0 Å². The van der Waals surface area contributed by atoms with Gasteiger partial charge in [-0.2, -0.15) is 0 Å². The molecule has 0 unspecified atom stereocenters. The molecule has 0 radical (unpaired) electrons. The van der Waals surface area contributed by atoms with Gasteiger partial charge in [-0.3, -0.25) is 4.79 Å². The highest BCUT2D eigenvalue weighted by Gasteiger charge is 2.11. The quantitative estimate of drug-likeness (QED) is 0.871. The summed E-state index contributed by atoms with van der Waals surface area (Å²) >= 11 is 0. The molecule has 0 N–H and O–H groups in total. The molecule has 0 aliphatic heterocycles. The molecular weight excluding hydrogens is 286 g/mol. The number of nitrogens with zero attached hydrogens (tertiary/aromatic N) is 1. The van der Waals surface area contributed by atoms with Gasteiger partial charge < -0.3 is 4.57 Å². The lowest BCUT2D eigenvalue weighted by Gasteiger charge is -2.14. The largest absolute Gasteiger partial charge is 0.310 e. The topological polar surface area (TPSA) is 56.1 Å². The van der Waals surface area contributed by atoms with E-state index >= 15 is 0 Å². The van der Waals surface area contributed by atoms with E-state index in [0.717, 1.165) is 17.4 Å². The van der Waals surface area contributed by atoms with Gasteiger partial charge in [0.2, 0.25) is 0 Å². The monoisotopic (exact) mass is 305 g/mol. The molecule has 0 saturated heterocycles. The minimum Gasteiger partial charge on any atom is -0.310 e. The first-order valence-electron chi connectivity index (χ1n) is 6.77. The second-order valence-corrected chi connectivity index (χ2v) is 7.47. The molecular formula is C16H19NO3S. The Hall–Kier alpha value is -1.88. The van der Waals surface area contributed by atoms with Crippen molar-refractivity contribution in [2.75, 3.05) is 6.26 Å². The summed E-state index contributed by atoms with van der Waals surface area (Å²) in [4.78, 5) is 12.1. The van der Waals surface area contributed by atoms with Crippen LogP contribution in [0.4, 0.5) is 0 Å². The molecule has 1 heterocycles. The predicted octanol–water partition coefficient (Wildman–Crippen LogP) is 2.42. The Kier molecular flexibility index (Phi) is 4.32. The van der Waals surface area contributed by atoms with Crippen LogP contribution in [-0.2, 0) is 16.4 Å². The van der Waals surface area contributed by atoms with Crippen LogP contribution < -0.4 is 5.56 Å². The van der Waals surface area contributed by atoms with E-state index in [-0.39, 0.29) is 10.5 Å². The molecule has 1 aromatic heterocycles. The van der Waals surface area contributed by atoms with Gasteiger partial charge in [-0.1, -0.05) is 38.1 Å². The average Bonchev–Trinajstić information content (AvgIpc) is 2.40. The van der Waals surface area contributed by atoms with E-state index in [1.165, 1.54) is 22.9 Å². The Labute approximate surface area is 125 Å². The van der Waals surface area contributed by atoms with E-state index < -0.39 is 9.84 Å². The number of hydrogen-bond donors (Lipinski definition) is 0. The van der Waals surface area contributed by atoms with Crippen LogP contribution in [0, 0.1) is 0 Å². The maximum atomic E-state index is 12.0. The predicted molar refractivity (Wildman–Crippen MR) is 83.4 cm³/mol. The van der Waals surface area contributed by atoms with Crippen molar-refractivity contribution < 1.29 is 8.42 Å². The molecule has 4 nitrogen and oxygen atoms in total. The van der Waals surface area contributed by atoms with Crippen LogP contribution >= 0.6 is 0 Å². The van der Waals surface area contributed by atoms with Crippen molar-refractivity contribution >= 4 is 9.84 Å². The van der Waals surface area contributed by atoms with E-state index in [1.54, 1.807) is 0 Å². The molecule has 0 atom stereocenters. The number of benzene rings is 1. The first-order chi connectivity index (χ1) is 9.79. The molecule has 21 heavy (non-hydrogen) atoms. The number of pyridine rings is 1. The van der Waals surface area contributed by atoms with Crippen LogP contribution in [0.5, 0.6) is 0 Å². The van der Waals surface area contributed by atoms with Crippen molar-refractivity contribution in [3.05, 3.63) is 64.1 Å². The molecule has 0 fully saturated rings. The first-order valence-corrected chi connectivity index (χ1v) is 8.66.